The molecule has 6 nitrogen and oxygen atoms in total. The lowest BCUT2D eigenvalue weighted by Gasteiger charge is -2.21. The number of carbonyl (C=O) groups excluding carboxylic acids is 1. The summed E-state index contributed by atoms with van der Waals surface area (Å²) in [4.78, 5) is 26.3. The van der Waals surface area contributed by atoms with E-state index in [0.717, 1.165) is 12.1 Å². The summed E-state index contributed by atoms with van der Waals surface area (Å²) in [6.07, 6.45) is 0.654. The van der Waals surface area contributed by atoms with Gasteiger partial charge in [0.05, 0.1) is 12.1 Å². The molecule has 2 N–H and O–H groups in total. The van der Waals surface area contributed by atoms with Crippen LogP contribution in [0.2, 0.25) is 0 Å². The number of carbonyl (C=O) groups is 2. The van der Waals surface area contributed by atoms with Gasteiger partial charge in [0.1, 0.15) is 11.6 Å². The Morgan fingerprint density at radius 3 is 2.62 bits per heavy atom. The van der Waals surface area contributed by atoms with Crippen molar-refractivity contribution in [2.24, 2.45) is 0 Å². The fraction of sp³-hybridized carbons (Fsp3) is 0.429. The van der Waals surface area contributed by atoms with Gasteiger partial charge in [0, 0.05) is 32.2 Å². The van der Waals surface area contributed by atoms with Crippen LogP contribution in [-0.4, -0.2) is 64.6 Å². The highest BCUT2D eigenvalue weighted by molar-refractivity contribution is 5.96. The Bertz CT molecular complexity index is 550. The summed E-state index contributed by atoms with van der Waals surface area (Å²) >= 11 is 0. The lowest BCUT2D eigenvalue weighted by molar-refractivity contribution is -0.138. The van der Waals surface area contributed by atoms with Gasteiger partial charge in [0.25, 0.3) is 5.91 Å². The van der Waals surface area contributed by atoms with Crippen LogP contribution in [0, 0.1) is 5.82 Å². The number of hydrogen-bond acceptors (Lipinski definition) is 4. The number of hydrogen-bond donors (Lipinski definition) is 2. The van der Waals surface area contributed by atoms with Gasteiger partial charge >= 0.3 is 5.97 Å². The molecule has 0 radical (unpaired) electrons. The van der Waals surface area contributed by atoms with E-state index in [1.165, 1.54) is 6.07 Å². The molecule has 0 spiro atoms. The molecule has 0 aromatic heterocycles. The van der Waals surface area contributed by atoms with Gasteiger partial charge in [-0.15, -0.1) is 0 Å². The van der Waals surface area contributed by atoms with Gasteiger partial charge in [-0.2, -0.15) is 0 Å². The molecule has 1 aliphatic rings. The molecule has 7 heteroatoms. The van der Waals surface area contributed by atoms with Crippen molar-refractivity contribution >= 4 is 11.9 Å². The van der Waals surface area contributed by atoms with E-state index in [-0.39, 0.29) is 23.8 Å². The van der Waals surface area contributed by atoms with Crippen LogP contribution in [0.4, 0.5) is 4.39 Å². The van der Waals surface area contributed by atoms with Crippen molar-refractivity contribution in [2.75, 3.05) is 32.7 Å². The van der Waals surface area contributed by atoms with Gasteiger partial charge in [0.2, 0.25) is 0 Å². The summed E-state index contributed by atoms with van der Waals surface area (Å²) in [5.41, 5.74) is 0.0584. The van der Waals surface area contributed by atoms with Gasteiger partial charge < -0.3 is 15.1 Å². The SMILES string of the molecule is O=C(O)CN1CCCN(C(=O)c2ccc(F)cc2O)CC1. The first-order valence-electron chi connectivity index (χ1n) is 6.69. The number of benzene rings is 1. The molecule has 1 fully saturated rings. The van der Waals surface area contributed by atoms with Crippen molar-refractivity contribution < 1.29 is 24.2 Å². The van der Waals surface area contributed by atoms with E-state index in [0.29, 0.717) is 32.6 Å². The zero-order valence-electron chi connectivity index (χ0n) is 11.5. The zero-order chi connectivity index (χ0) is 15.4. The molecule has 114 valence electrons. The molecule has 0 bridgehead atoms. The Labute approximate surface area is 121 Å². The van der Waals surface area contributed by atoms with Crippen molar-refractivity contribution in [1.82, 2.24) is 9.80 Å². The van der Waals surface area contributed by atoms with Gasteiger partial charge in [-0.1, -0.05) is 0 Å². The van der Waals surface area contributed by atoms with Crippen molar-refractivity contribution in [1.29, 1.82) is 0 Å². The van der Waals surface area contributed by atoms with Crippen LogP contribution in [0.3, 0.4) is 0 Å². The third-order valence-corrected chi connectivity index (χ3v) is 3.42. The standard InChI is InChI=1S/C14H17FN2O4/c15-10-2-3-11(12(18)8-10)14(21)17-5-1-4-16(6-7-17)9-13(19)20/h2-3,8,18H,1,4-7,9H2,(H,19,20). The van der Waals surface area contributed by atoms with Crippen LogP contribution < -0.4 is 0 Å². The van der Waals surface area contributed by atoms with Crippen LogP contribution in [0.25, 0.3) is 0 Å². The van der Waals surface area contributed by atoms with E-state index < -0.39 is 11.8 Å². The number of amides is 1. The minimum absolute atomic E-state index is 0.0518. The fourth-order valence-corrected chi connectivity index (χ4v) is 2.38. The molecule has 1 aliphatic heterocycles. The molecule has 1 aromatic rings. The lowest BCUT2D eigenvalue weighted by Crippen LogP contribution is -2.36. The summed E-state index contributed by atoms with van der Waals surface area (Å²) in [5.74, 6) is -2.25. The first kappa shape index (κ1) is 15.2. The van der Waals surface area contributed by atoms with Crippen LogP contribution in [0.1, 0.15) is 16.8 Å². The smallest absolute Gasteiger partial charge is 0.317 e. The Morgan fingerprint density at radius 1 is 1.19 bits per heavy atom. The average molecular weight is 296 g/mol. The maximum atomic E-state index is 12.9. The highest BCUT2D eigenvalue weighted by Gasteiger charge is 2.23. The molecule has 1 heterocycles. The number of phenols is 1. The summed E-state index contributed by atoms with van der Waals surface area (Å²) < 4.78 is 12.9. The van der Waals surface area contributed by atoms with Crippen LogP contribution in [0.5, 0.6) is 5.75 Å². The summed E-state index contributed by atoms with van der Waals surface area (Å²) in [7, 11) is 0. The molecule has 21 heavy (non-hydrogen) atoms. The molecule has 0 unspecified atom stereocenters. The van der Waals surface area contributed by atoms with Crippen LogP contribution in [-0.2, 0) is 4.79 Å². The molecular weight excluding hydrogens is 279 g/mol. The number of aliphatic carboxylic acids is 1. The summed E-state index contributed by atoms with van der Waals surface area (Å²) in [5, 5.41) is 18.4. The number of carboxylic acid groups (broad SMARTS) is 1. The first-order chi connectivity index (χ1) is 9.97. The molecule has 1 aromatic carbocycles. The van der Waals surface area contributed by atoms with Crippen molar-refractivity contribution in [3.63, 3.8) is 0 Å². The van der Waals surface area contributed by atoms with Gasteiger partial charge in [-0.3, -0.25) is 14.5 Å². The molecule has 0 atom stereocenters. The highest BCUT2D eigenvalue weighted by atomic mass is 19.1. The lowest BCUT2D eigenvalue weighted by atomic mass is 10.1. The highest BCUT2D eigenvalue weighted by Crippen LogP contribution is 2.20. The molecule has 1 saturated heterocycles. The Kier molecular flexibility index (Phi) is 4.74. The maximum Gasteiger partial charge on any atom is 0.317 e. The van der Waals surface area contributed by atoms with Crippen molar-refractivity contribution in [2.45, 2.75) is 6.42 Å². The van der Waals surface area contributed by atoms with Crippen LogP contribution >= 0.6 is 0 Å². The Morgan fingerprint density at radius 2 is 1.95 bits per heavy atom. The monoisotopic (exact) mass is 296 g/mol. The van der Waals surface area contributed by atoms with E-state index in [4.69, 9.17) is 5.11 Å². The van der Waals surface area contributed by atoms with E-state index >= 15 is 0 Å². The molecule has 2 rings (SSSR count). The minimum atomic E-state index is -0.897. The molecule has 0 aliphatic carbocycles. The largest absolute Gasteiger partial charge is 0.507 e. The minimum Gasteiger partial charge on any atom is -0.507 e. The van der Waals surface area contributed by atoms with Gasteiger partial charge in [0.15, 0.2) is 0 Å². The number of carboxylic acids is 1. The average Bonchev–Trinajstić information content (AvgIpc) is 2.63. The summed E-state index contributed by atoms with van der Waals surface area (Å²) in [6, 6.07) is 3.29. The normalized spacial score (nSPS) is 16.5. The molecular formula is C14H17FN2O4. The quantitative estimate of drug-likeness (QED) is 0.861. The number of halogens is 1. The molecule has 0 saturated carbocycles. The number of rotatable bonds is 3. The van der Waals surface area contributed by atoms with Crippen molar-refractivity contribution in [3.05, 3.63) is 29.6 Å². The van der Waals surface area contributed by atoms with E-state index in [9.17, 15) is 19.1 Å². The third kappa shape index (κ3) is 3.91. The second-order valence-corrected chi connectivity index (χ2v) is 4.98. The van der Waals surface area contributed by atoms with Crippen LogP contribution in [0.15, 0.2) is 18.2 Å². The summed E-state index contributed by atoms with van der Waals surface area (Å²) in [6.45, 7) is 1.87. The second kappa shape index (κ2) is 6.53. The van der Waals surface area contributed by atoms with E-state index in [1.54, 1.807) is 9.80 Å². The fourth-order valence-electron chi connectivity index (χ4n) is 2.38. The van der Waals surface area contributed by atoms with E-state index in [1.807, 2.05) is 0 Å². The number of nitrogens with zero attached hydrogens (tertiary/aromatic N) is 2. The predicted molar refractivity (Wildman–Crippen MR) is 72.7 cm³/mol. The number of phenolic OH excluding ortho intramolecular Hbond substituents is 1. The van der Waals surface area contributed by atoms with Crippen molar-refractivity contribution in [3.8, 4) is 5.75 Å². The van der Waals surface area contributed by atoms with Gasteiger partial charge in [-0.05, 0) is 18.6 Å². The zero-order valence-corrected chi connectivity index (χ0v) is 11.5. The Hall–Kier alpha value is -2.15. The first-order valence-corrected chi connectivity index (χ1v) is 6.69. The third-order valence-electron chi connectivity index (χ3n) is 3.42. The molecule has 1 amide bonds. The van der Waals surface area contributed by atoms with Gasteiger partial charge in [-0.25, -0.2) is 4.39 Å². The second-order valence-electron chi connectivity index (χ2n) is 4.98. The predicted octanol–water partition coefficient (Wildman–Crippen LogP) is 0.764. The van der Waals surface area contributed by atoms with E-state index in [2.05, 4.69) is 0 Å². The Balaban J connectivity index is 2.04. The number of aromatic hydroxyl groups is 1. The topological polar surface area (TPSA) is 81.1 Å². The maximum absolute atomic E-state index is 12.9.